The standard InChI is InChI=1S/C32H22O4/c1-35-31(33)25-17-9-7-15-23(25)27-19-11-3-5-13-21(19)30-28(20-12-4-6-14-22(20)29(27)30)24-16-8-10-18-26(24)32(34)36-2/h3-18H,1-2H3. The van der Waals surface area contributed by atoms with Crippen LogP contribution in [0.5, 0.6) is 0 Å². The molecule has 36 heavy (non-hydrogen) atoms. The number of fused-ring (bicyclic) bond motifs is 3. The van der Waals surface area contributed by atoms with Crippen LogP contribution in [-0.2, 0) is 9.47 Å². The topological polar surface area (TPSA) is 52.6 Å². The van der Waals surface area contributed by atoms with Gasteiger partial charge in [0, 0.05) is 0 Å². The summed E-state index contributed by atoms with van der Waals surface area (Å²) in [6.45, 7) is 0. The van der Waals surface area contributed by atoms with E-state index in [0.29, 0.717) is 11.1 Å². The number of hydrogen-bond acceptors (Lipinski definition) is 4. The minimum absolute atomic E-state index is 0.379. The summed E-state index contributed by atoms with van der Waals surface area (Å²) in [5.74, 6) is -0.757. The molecule has 6 rings (SSSR count). The molecule has 0 atom stereocenters. The van der Waals surface area contributed by atoms with Gasteiger partial charge in [-0.2, -0.15) is 0 Å². The quantitative estimate of drug-likeness (QED) is 0.431. The maximum Gasteiger partial charge on any atom is 0.338 e. The van der Waals surface area contributed by atoms with Crippen molar-refractivity contribution in [1.29, 1.82) is 0 Å². The predicted octanol–water partition coefficient (Wildman–Crippen LogP) is 2.69. The molecule has 4 heteroatoms. The maximum absolute atomic E-state index is 12.8. The Morgan fingerprint density at radius 3 is 1.11 bits per heavy atom. The van der Waals surface area contributed by atoms with Crippen molar-refractivity contribution >= 4 is 34.2 Å². The molecule has 4 aromatic rings. The Balaban J connectivity index is 1.78. The van der Waals surface area contributed by atoms with Crippen LogP contribution in [-0.4, -0.2) is 26.2 Å². The molecule has 0 saturated carbocycles. The lowest BCUT2D eigenvalue weighted by atomic mass is 9.88. The van der Waals surface area contributed by atoms with Crippen LogP contribution in [0.1, 0.15) is 31.8 Å². The van der Waals surface area contributed by atoms with Gasteiger partial charge in [-0.1, -0.05) is 84.9 Å². The summed E-state index contributed by atoms with van der Waals surface area (Å²) in [5.41, 5.74) is 6.74. The fraction of sp³-hybridized carbons (Fsp3) is 0.0625. The van der Waals surface area contributed by atoms with Gasteiger partial charge in [-0.05, 0) is 66.4 Å². The van der Waals surface area contributed by atoms with E-state index in [-0.39, 0.29) is 11.9 Å². The molecule has 0 spiro atoms. The lowest BCUT2D eigenvalue weighted by molar-refractivity contribution is 0.0591. The third kappa shape index (κ3) is 3.08. The zero-order valence-corrected chi connectivity index (χ0v) is 19.9. The van der Waals surface area contributed by atoms with Crippen molar-refractivity contribution in [1.82, 2.24) is 0 Å². The number of esters is 2. The molecule has 0 aliphatic heterocycles. The van der Waals surface area contributed by atoms with Gasteiger partial charge >= 0.3 is 11.9 Å². The molecule has 174 valence electrons. The van der Waals surface area contributed by atoms with E-state index in [2.05, 4.69) is 24.3 Å². The van der Waals surface area contributed by atoms with Crippen LogP contribution in [0.4, 0.5) is 0 Å². The molecular formula is C32H22O4. The summed E-state index contributed by atoms with van der Waals surface area (Å²) >= 11 is 0. The smallest absolute Gasteiger partial charge is 0.338 e. The summed E-state index contributed by atoms with van der Waals surface area (Å²) in [6.07, 6.45) is 0. The number of carbonyl (C=O) groups excluding carboxylic acids is 2. The Morgan fingerprint density at radius 2 is 0.750 bits per heavy atom. The third-order valence-electron chi connectivity index (χ3n) is 6.88. The van der Waals surface area contributed by atoms with E-state index < -0.39 is 0 Å². The summed E-state index contributed by atoms with van der Waals surface area (Å²) < 4.78 is 10.3. The highest BCUT2D eigenvalue weighted by Gasteiger charge is 2.32. The number of benzene rings is 4. The number of ether oxygens (including phenoxy) is 2. The second-order valence-corrected chi connectivity index (χ2v) is 8.67. The van der Waals surface area contributed by atoms with Crippen molar-refractivity contribution in [2.45, 2.75) is 0 Å². The SMILES string of the molecule is COC(=O)c1ccccc1C1=c2ccccc2=C2C1=c1ccccc1=C2c1ccccc1C(=O)OC. The molecule has 0 N–H and O–H groups in total. The number of rotatable bonds is 4. The second kappa shape index (κ2) is 8.51. The van der Waals surface area contributed by atoms with Crippen LogP contribution in [0.2, 0.25) is 0 Å². The van der Waals surface area contributed by atoms with Gasteiger partial charge in [-0.15, -0.1) is 0 Å². The lowest BCUT2D eigenvalue weighted by Gasteiger charge is -2.15. The zero-order chi connectivity index (χ0) is 24.8. The van der Waals surface area contributed by atoms with E-state index in [9.17, 15) is 9.59 Å². The van der Waals surface area contributed by atoms with Crippen LogP contribution >= 0.6 is 0 Å². The van der Waals surface area contributed by atoms with Crippen molar-refractivity contribution in [2.75, 3.05) is 14.2 Å². The van der Waals surface area contributed by atoms with Gasteiger partial charge in [0.15, 0.2) is 0 Å². The van der Waals surface area contributed by atoms with E-state index in [1.165, 1.54) is 14.2 Å². The molecule has 0 fully saturated rings. The summed E-state index contributed by atoms with van der Waals surface area (Å²) in [5, 5.41) is 4.21. The minimum atomic E-state index is -0.379. The summed E-state index contributed by atoms with van der Waals surface area (Å²) in [6, 6.07) is 31.5. The molecule has 0 unspecified atom stereocenters. The molecule has 0 amide bonds. The molecule has 0 heterocycles. The van der Waals surface area contributed by atoms with Crippen LogP contribution in [0.25, 0.3) is 22.3 Å². The average Bonchev–Trinajstić information content (AvgIpc) is 3.45. The Kier molecular flexibility index (Phi) is 5.15. The van der Waals surface area contributed by atoms with E-state index in [1.54, 1.807) is 12.1 Å². The lowest BCUT2D eigenvalue weighted by Crippen LogP contribution is -2.29. The van der Waals surface area contributed by atoms with Gasteiger partial charge in [0.05, 0.1) is 25.3 Å². The fourth-order valence-corrected chi connectivity index (χ4v) is 5.43. The highest BCUT2D eigenvalue weighted by Crippen LogP contribution is 2.40. The molecule has 0 radical (unpaired) electrons. The summed E-state index contributed by atoms with van der Waals surface area (Å²) in [4.78, 5) is 25.5. The van der Waals surface area contributed by atoms with Crippen molar-refractivity contribution in [2.24, 2.45) is 0 Å². The van der Waals surface area contributed by atoms with E-state index >= 15 is 0 Å². The predicted molar refractivity (Wildman–Crippen MR) is 139 cm³/mol. The minimum Gasteiger partial charge on any atom is -0.465 e. The first-order valence-electron chi connectivity index (χ1n) is 11.7. The number of methoxy groups -OCH3 is 2. The monoisotopic (exact) mass is 470 g/mol. The molecular weight excluding hydrogens is 448 g/mol. The van der Waals surface area contributed by atoms with Crippen LogP contribution in [0, 0.1) is 0 Å². The highest BCUT2D eigenvalue weighted by molar-refractivity contribution is 6.32. The third-order valence-corrected chi connectivity index (χ3v) is 6.88. The molecule has 4 nitrogen and oxygen atoms in total. The molecule has 0 bridgehead atoms. The maximum atomic E-state index is 12.8. The molecule has 0 aromatic heterocycles. The van der Waals surface area contributed by atoms with Gasteiger partial charge in [-0.25, -0.2) is 9.59 Å². The second-order valence-electron chi connectivity index (χ2n) is 8.67. The Morgan fingerprint density at radius 1 is 0.444 bits per heavy atom. The van der Waals surface area contributed by atoms with E-state index in [0.717, 1.165) is 54.3 Å². The molecule has 4 aromatic carbocycles. The van der Waals surface area contributed by atoms with Gasteiger partial charge in [0.2, 0.25) is 0 Å². The number of hydrogen-bond donors (Lipinski definition) is 0. The highest BCUT2D eigenvalue weighted by atomic mass is 16.5. The molecule has 0 saturated heterocycles. The van der Waals surface area contributed by atoms with E-state index in [1.807, 2.05) is 60.7 Å². The van der Waals surface area contributed by atoms with Gasteiger partial charge in [-0.3, -0.25) is 0 Å². The zero-order valence-electron chi connectivity index (χ0n) is 19.9. The first-order chi connectivity index (χ1) is 17.7. The number of carbonyl (C=O) groups is 2. The van der Waals surface area contributed by atoms with Crippen molar-refractivity contribution in [3.05, 3.63) is 140 Å². The first-order valence-corrected chi connectivity index (χ1v) is 11.7. The Hall–Kier alpha value is -4.70. The van der Waals surface area contributed by atoms with Crippen molar-refractivity contribution < 1.29 is 19.1 Å². The van der Waals surface area contributed by atoms with Crippen LogP contribution < -0.4 is 20.9 Å². The largest absolute Gasteiger partial charge is 0.465 e. The van der Waals surface area contributed by atoms with Gasteiger partial charge < -0.3 is 9.47 Å². The van der Waals surface area contributed by atoms with Crippen molar-refractivity contribution in [3.8, 4) is 0 Å². The van der Waals surface area contributed by atoms with Gasteiger partial charge in [0.1, 0.15) is 0 Å². The Bertz CT molecular complexity index is 1710. The summed E-state index contributed by atoms with van der Waals surface area (Å²) in [7, 11) is 2.80. The van der Waals surface area contributed by atoms with Crippen LogP contribution in [0.3, 0.4) is 0 Å². The van der Waals surface area contributed by atoms with Crippen molar-refractivity contribution in [3.63, 3.8) is 0 Å². The van der Waals surface area contributed by atoms with Crippen LogP contribution in [0.15, 0.2) is 97.1 Å². The average molecular weight is 471 g/mol. The first kappa shape index (κ1) is 21.8. The molecule has 2 aliphatic carbocycles. The molecule has 2 aliphatic rings. The Labute approximate surface area is 207 Å². The normalized spacial score (nSPS) is 13.3. The van der Waals surface area contributed by atoms with E-state index in [4.69, 9.17) is 9.47 Å². The fourth-order valence-electron chi connectivity index (χ4n) is 5.43. The van der Waals surface area contributed by atoms with Gasteiger partial charge in [0.25, 0.3) is 0 Å².